The third-order valence-corrected chi connectivity index (χ3v) is 4.40. The van der Waals surface area contributed by atoms with Crippen LogP contribution in [0, 0.1) is 6.92 Å². The number of hydrogen-bond acceptors (Lipinski definition) is 3. The average Bonchev–Trinajstić information content (AvgIpc) is 2.30. The van der Waals surface area contributed by atoms with Gasteiger partial charge in [0.1, 0.15) is 0 Å². The first kappa shape index (κ1) is 14.0. The zero-order valence-electron chi connectivity index (χ0n) is 11.1. The molecule has 1 amide bonds. The summed E-state index contributed by atoms with van der Waals surface area (Å²) in [6, 6.07) is 7.85. The number of benzene rings is 1. The Labute approximate surface area is 113 Å². The number of amides is 1. The van der Waals surface area contributed by atoms with E-state index in [0.717, 1.165) is 11.8 Å². The Kier molecular flexibility index (Phi) is 3.91. The van der Waals surface area contributed by atoms with Gasteiger partial charge in [0.15, 0.2) is 0 Å². The number of rotatable bonds is 3. The summed E-state index contributed by atoms with van der Waals surface area (Å²) in [7, 11) is -3.32. The Bertz CT molecular complexity index is 566. The first-order valence-electron chi connectivity index (χ1n) is 6.14. The van der Waals surface area contributed by atoms with Crippen LogP contribution in [-0.4, -0.2) is 44.0 Å². The van der Waals surface area contributed by atoms with Crippen LogP contribution in [0.5, 0.6) is 0 Å². The summed E-state index contributed by atoms with van der Waals surface area (Å²) in [6.45, 7) is 2.26. The molecule has 1 unspecified atom stereocenters. The van der Waals surface area contributed by atoms with Gasteiger partial charge in [-0.25, -0.2) is 8.42 Å². The number of carbonyl (C=O) groups excluding carboxylic acids is 1. The second-order valence-electron chi connectivity index (χ2n) is 5.01. The van der Waals surface area contributed by atoms with E-state index in [1.54, 1.807) is 0 Å². The number of sulfonamides is 1. The van der Waals surface area contributed by atoms with Crippen molar-refractivity contribution in [1.29, 1.82) is 0 Å². The van der Waals surface area contributed by atoms with Crippen molar-refractivity contribution >= 4 is 15.9 Å². The van der Waals surface area contributed by atoms with Gasteiger partial charge in [0, 0.05) is 12.6 Å². The van der Waals surface area contributed by atoms with Crippen LogP contribution in [0.15, 0.2) is 24.3 Å². The molecule has 1 saturated heterocycles. The van der Waals surface area contributed by atoms with Gasteiger partial charge in [-0.2, -0.15) is 4.31 Å². The quantitative estimate of drug-likeness (QED) is 0.867. The first-order chi connectivity index (χ1) is 8.84. The van der Waals surface area contributed by atoms with Gasteiger partial charge < -0.3 is 5.32 Å². The molecule has 0 radical (unpaired) electrons. The Hall–Kier alpha value is -1.40. The molecule has 104 valence electrons. The highest BCUT2D eigenvalue weighted by Crippen LogP contribution is 2.11. The van der Waals surface area contributed by atoms with Gasteiger partial charge in [0.2, 0.25) is 15.9 Å². The summed E-state index contributed by atoms with van der Waals surface area (Å²) in [5.41, 5.74) is 2.26. The van der Waals surface area contributed by atoms with Crippen molar-refractivity contribution < 1.29 is 13.2 Å². The van der Waals surface area contributed by atoms with Crippen LogP contribution in [0.25, 0.3) is 0 Å². The molecule has 0 saturated carbocycles. The second-order valence-corrected chi connectivity index (χ2v) is 6.99. The van der Waals surface area contributed by atoms with E-state index >= 15 is 0 Å². The fraction of sp³-hybridized carbons (Fsp3) is 0.462. The molecular weight excluding hydrogens is 264 g/mol. The van der Waals surface area contributed by atoms with Crippen LogP contribution in [0.2, 0.25) is 0 Å². The zero-order chi connectivity index (χ0) is 14.0. The number of carbonyl (C=O) groups is 1. The van der Waals surface area contributed by atoms with Gasteiger partial charge in [-0.1, -0.05) is 29.8 Å². The lowest BCUT2D eigenvalue weighted by atomic mass is 10.0. The fourth-order valence-corrected chi connectivity index (χ4v) is 2.97. The standard InChI is InChI=1S/C13H18N2O3S/c1-10-3-5-11(6-4-10)7-12-8-15(19(2,17)18)9-13(16)14-12/h3-6,12H,7-9H2,1-2H3,(H,14,16). The predicted octanol–water partition coefficient (Wildman–Crippen LogP) is 0.298. The molecule has 0 aromatic heterocycles. The largest absolute Gasteiger partial charge is 0.351 e. The number of nitrogens with one attached hydrogen (secondary N) is 1. The molecule has 1 atom stereocenters. The van der Waals surface area contributed by atoms with Crippen LogP contribution in [0.3, 0.4) is 0 Å². The molecule has 1 N–H and O–H groups in total. The van der Waals surface area contributed by atoms with E-state index in [2.05, 4.69) is 5.32 Å². The minimum Gasteiger partial charge on any atom is -0.351 e. The molecule has 2 rings (SSSR count). The molecule has 0 spiro atoms. The van der Waals surface area contributed by atoms with Crippen molar-refractivity contribution in [1.82, 2.24) is 9.62 Å². The monoisotopic (exact) mass is 282 g/mol. The molecule has 0 bridgehead atoms. The van der Waals surface area contributed by atoms with E-state index in [1.165, 1.54) is 9.87 Å². The van der Waals surface area contributed by atoms with Crippen molar-refractivity contribution in [2.45, 2.75) is 19.4 Å². The Balaban J connectivity index is 2.08. The number of aryl methyl sites for hydroxylation is 1. The summed E-state index contributed by atoms with van der Waals surface area (Å²) in [4.78, 5) is 11.6. The highest BCUT2D eigenvalue weighted by atomic mass is 32.2. The predicted molar refractivity (Wildman–Crippen MR) is 73.2 cm³/mol. The number of piperazine rings is 1. The van der Waals surface area contributed by atoms with Crippen molar-refractivity contribution in [2.75, 3.05) is 19.3 Å². The fourth-order valence-electron chi connectivity index (χ4n) is 2.17. The van der Waals surface area contributed by atoms with Gasteiger partial charge >= 0.3 is 0 Å². The summed E-state index contributed by atoms with van der Waals surface area (Å²) in [5.74, 6) is -0.242. The minimum atomic E-state index is -3.32. The third kappa shape index (κ3) is 3.78. The van der Waals surface area contributed by atoms with Crippen LogP contribution in [-0.2, 0) is 21.2 Å². The maximum Gasteiger partial charge on any atom is 0.235 e. The van der Waals surface area contributed by atoms with Crippen molar-refractivity contribution in [3.05, 3.63) is 35.4 Å². The topological polar surface area (TPSA) is 66.5 Å². The maximum atomic E-state index is 11.6. The summed E-state index contributed by atoms with van der Waals surface area (Å²) in [5, 5.41) is 2.84. The van der Waals surface area contributed by atoms with E-state index in [0.29, 0.717) is 13.0 Å². The van der Waals surface area contributed by atoms with Gasteiger partial charge in [-0.15, -0.1) is 0 Å². The van der Waals surface area contributed by atoms with Gasteiger partial charge in [0.05, 0.1) is 12.8 Å². The van der Waals surface area contributed by atoms with Crippen molar-refractivity contribution in [3.8, 4) is 0 Å². The summed E-state index contributed by atoms with van der Waals surface area (Å²) in [6.07, 6.45) is 1.77. The molecule has 1 aliphatic heterocycles. The normalized spacial score (nSPS) is 21.2. The van der Waals surface area contributed by atoms with Gasteiger partial charge in [-0.05, 0) is 18.9 Å². The number of nitrogens with zero attached hydrogens (tertiary/aromatic N) is 1. The van der Waals surface area contributed by atoms with E-state index in [-0.39, 0.29) is 18.5 Å². The molecule has 1 heterocycles. The molecule has 5 nitrogen and oxygen atoms in total. The van der Waals surface area contributed by atoms with E-state index in [4.69, 9.17) is 0 Å². The SMILES string of the molecule is Cc1ccc(CC2CN(S(C)(=O)=O)CC(=O)N2)cc1. The summed E-state index contributed by atoms with van der Waals surface area (Å²) >= 11 is 0. The van der Waals surface area contributed by atoms with E-state index in [1.807, 2.05) is 31.2 Å². The molecule has 1 aliphatic rings. The Morgan fingerprint density at radius 3 is 2.53 bits per heavy atom. The van der Waals surface area contributed by atoms with Gasteiger partial charge in [0.25, 0.3) is 0 Å². The lowest BCUT2D eigenvalue weighted by Crippen LogP contribution is -2.56. The second kappa shape index (κ2) is 5.30. The van der Waals surface area contributed by atoms with Crippen LogP contribution >= 0.6 is 0 Å². The smallest absolute Gasteiger partial charge is 0.235 e. The average molecular weight is 282 g/mol. The highest BCUT2D eigenvalue weighted by Gasteiger charge is 2.29. The molecule has 1 aromatic rings. The molecular formula is C13H18N2O3S. The molecule has 1 aromatic carbocycles. The third-order valence-electron chi connectivity index (χ3n) is 3.18. The van der Waals surface area contributed by atoms with Crippen LogP contribution in [0.1, 0.15) is 11.1 Å². The summed E-state index contributed by atoms with van der Waals surface area (Å²) < 4.78 is 24.3. The van der Waals surface area contributed by atoms with Crippen molar-refractivity contribution in [3.63, 3.8) is 0 Å². The van der Waals surface area contributed by atoms with E-state index in [9.17, 15) is 13.2 Å². The van der Waals surface area contributed by atoms with Crippen LogP contribution in [0.4, 0.5) is 0 Å². The molecule has 0 aliphatic carbocycles. The van der Waals surface area contributed by atoms with Crippen LogP contribution < -0.4 is 5.32 Å². The zero-order valence-corrected chi connectivity index (χ0v) is 11.9. The first-order valence-corrected chi connectivity index (χ1v) is 7.99. The lowest BCUT2D eigenvalue weighted by molar-refractivity contribution is -0.123. The van der Waals surface area contributed by atoms with Gasteiger partial charge in [-0.3, -0.25) is 4.79 Å². The Morgan fingerprint density at radius 2 is 1.95 bits per heavy atom. The molecule has 19 heavy (non-hydrogen) atoms. The van der Waals surface area contributed by atoms with E-state index < -0.39 is 10.0 Å². The van der Waals surface area contributed by atoms with Crippen molar-refractivity contribution in [2.24, 2.45) is 0 Å². The Morgan fingerprint density at radius 1 is 1.32 bits per heavy atom. The number of hydrogen-bond donors (Lipinski definition) is 1. The lowest BCUT2D eigenvalue weighted by Gasteiger charge is -2.31. The highest BCUT2D eigenvalue weighted by molar-refractivity contribution is 7.88. The molecule has 6 heteroatoms. The minimum absolute atomic E-state index is 0.0801. The molecule has 1 fully saturated rings. The maximum absolute atomic E-state index is 11.6.